The summed E-state index contributed by atoms with van der Waals surface area (Å²) in [4.78, 5) is 0. The maximum Gasteiger partial charge on any atom is 0.164 e. The van der Waals surface area contributed by atoms with Gasteiger partial charge in [-0.2, -0.15) is 0 Å². The van der Waals surface area contributed by atoms with Crippen molar-refractivity contribution in [2.24, 2.45) is 5.41 Å². The molecule has 2 rings (SSSR count). The van der Waals surface area contributed by atoms with E-state index in [-0.39, 0.29) is 5.41 Å². The van der Waals surface area contributed by atoms with E-state index in [1.807, 2.05) is 22.7 Å². The molecule has 4 heteroatoms. The number of pyridine rings is 1. The van der Waals surface area contributed by atoms with E-state index in [1.54, 1.807) is 12.4 Å². The van der Waals surface area contributed by atoms with Crippen LogP contribution in [0.15, 0.2) is 37.8 Å². The number of nitrogens with zero attached hydrogens (tertiary/aromatic N) is 3. The lowest BCUT2D eigenvalue weighted by Gasteiger charge is -2.30. The fourth-order valence-electron chi connectivity index (χ4n) is 2.49. The molecule has 0 atom stereocenters. The van der Waals surface area contributed by atoms with Crippen molar-refractivity contribution in [2.75, 3.05) is 6.61 Å². The normalized spacial score (nSPS) is 11.5. The predicted molar refractivity (Wildman–Crippen MR) is 86.4 cm³/mol. The summed E-state index contributed by atoms with van der Waals surface area (Å²) >= 11 is 0. The Hall–Kier alpha value is -2.10. The van der Waals surface area contributed by atoms with Gasteiger partial charge >= 0.3 is 0 Å². The van der Waals surface area contributed by atoms with E-state index in [1.165, 1.54) is 0 Å². The molecule has 0 aromatic carbocycles. The molecule has 112 valence electrons. The number of ether oxygens (including phenoxy) is 1. The fraction of sp³-hybridized carbons (Fsp3) is 0.412. The molecule has 0 fully saturated rings. The van der Waals surface area contributed by atoms with Crippen LogP contribution in [0.3, 0.4) is 0 Å². The highest BCUT2D eigenvalue weighted by Gasteiger charge is 2.26. The SMILES string of the molecule is C=CCC(CC)(CC)COc1cc2nncn2cc1C=C. The number of hydrogen-bond donors (Lipinski definition) is 0. The average Bonchev–Trinajstić information content (AvgIpc) is 2.97. The number of fused-ring (bicyclic) bond motifs is 1. The van der Waals surface area contributed by atoms with Gasteiger partial charge in [0.1, 0.15) is 12.1 Å². The van der Waals surface area contributed by atoms with E-state index in [0.29, 0.717) is 6.61 Å². The van der Waals surface area contributed by atoms with Crippen molar-refractivity contribution in [3.63, 3.8) is 0 Å². The monoisotopic (exact) mass is 285 g/mol. The zero-order chi connectivity index (χ0) is 15.3. The van der Waals surface area contributed by atoms with Gasteiger partial charge in [0.05, 0.1) is 6.61 Å². The average molecular weight is 285 g/mol. The third kappa shape index (κ3) is 3.15. The lowest BCUT2D eigenvalue weighted by atomic mass is 9.80. The minimum atomic E-state index is 0.139. The highest BCUT2D eigenvalue weighted by atomic mass is 16.5. The van der Waals surface area contributed by atoms with Crippen molar-refractivity contribution in [1.82, 2.24) is 14.6 Å². The van der Waals surface area contributed by atoms with Crippen molar-refractivity contribution in [1.29, 1.82) is 0 Å². The Morgan fingerprint density at radius 1 is 1.33 bits per heavy atom. The summed E-state index contributed by atoms with van der Waals surface area (Å²) in [6, 6.07) is 1.91. The van der Waals surface area contributed by atoms with E-state index < -0.39 is 0 Å². The summed E-state index contributed by atoms with van der Waals surface area (Å²) in [7, 11) is 0. The van der Waals surface area contributed by atoms with Crippen LogP contribution in [0.5, 0.6) is 5.75 Å². The molecule has 2 heterocycles. The first-order valence-corrected chi connectivity index (χ1v) is 7.37. The smallest absolute Gasteiger partial charge is 0.164 e. The summed E-state index contributed by atoms with van der Waals surface area (Å²) in [5, 5.41) is 7.96. The third-order valence-electron chi connectivity index (χ3n) is 4.25. The molecule has 2 aromatic rings. The lowest BCUT2D eigenvalue weighted by molar-refractivity contribution is 0.135. The Labute approximate surface area is 126 Å². The van der Waals surface area contributed by atoms with Gasteiger partial charge in [0.25, 0.3) is 0 Å². The summed E-state index contributed by atoms with van der Waals surface area (Å²) in [6.07, 6.45) is 10.5. The second-order valence-electron chi connectivity index (χ2n) is 5.38. The lowest BCUT2D eigenvalue weighted by Crippen LogP contribution is -2.27. The second kappa shape index (κ2) is 6.57. The molecule has 0 unspecified atom stereocenters. The standard InChI is InChI=1S/C17H23N3O/c1-5-9-17(7-3,8-4)12-21-15-10-16-19-18-13-20(16)11-14(15)6-2/h5-6,10-11,13H,1-2,7-9,12H2,3-4H3. The van der Waals surface area contributed by atoms with Gasteiger partial charge in [-0.3, -0.25) is 4.40 Å². The quantitative estimate of drug-likeness (QED) is 0.684. The Kier molecular flexibility index (Phi) is 4.78. The minimum absolute atomic E-state index is 0.139. The number of rotatable bonds is 8. The van der Waals surface area contributed by atoms with Crippen LogP contribution in [0.25, 0.3) is 11.7 Å². The highest BCUT2D eigenvalue weighted by Crippen LogP contribution is 2.33. The summed E-state index contributed by atoms with van der Waals surface area (Å²) in [6.45, 7) is 12.8. The van der Waals surface area contributed by atoms with E-state index >= 15 is 0 Å². The Balaban J connectivity index is 2.25. The molecule has 0 spiro atoms. The molecule has 0 saturated heterocycles. The summed E-state index contributed by atoms with van der Waals surface area (Å²) < 4.78 is 7.97. The zero-order valence-electron chi connectivity index (χ0n) is 12.9. The molecule has 0 saturated carbocycles. The van der Waals surface area contributed by atoms with Gasteiger partial charge in [-0.1, -0.05) is 32.6 Å². The van der Waals surface area contributed by atoms with Crippen LogP contribution in [0.2, 0.25) is 0 Å². The van der Waals surface area contributed by atoms with Gasteiger partial charge in [0, 0.05) is 23.2 Å². The van der Waals surface area contributed by atoms with Crippen LogP contribution in [0.1, 0.15) is 38.7 Å². The third-order valence-corrected chi connectivity index (χ3v) is 4.25. The molecule has 0 aliphatic carbocycles. The Morgan fingerprint density at radius 3 is 2.71 bits per heavy atom. The maximum atomic E-state index is 6.11. The number of hydrogen-bond acceptors (Lipinski definition) is 3. The van der Waals surface area contributed by atoms with Gasteiger partial charge in [-0.15, -0.1) is 16.8 Å². The molecule has 0 bridgehead atoms. The van der Waals surface area contributed by atoms with Crippen molar-refractivity contribution >= 4 is 11.7 Å². The molecule has 2 aromatic heterocycles. The van der Waals surface area contributed by atoms with Gasteiger partial charge in [-0.25, -0.2) is 0 Å². The summed E-state index contributed by atoms with van der Waals surface area (Å²) in [5.41, 5.74) is 1.86. The first-order valence-electron chi connectivity index (χ1n) is 7.37. The largest absolute Gasteiger partial charge is 0.492 e. The molecule has 0 aliphatic rings. The maximum absolute atomic E-state index is 6.11. The van der Waals surface area contributed by atoms with Gasteiger partial charge in [0.2, 0.25) is 0 Å². The van der Waals surface area contributed by atoms with Crippen molar-refractivity contribution in [2.45, 2.75) is 33.1 Å². The molecule has 21 heavy (non-hydrogen) atoms. The van der Waals surface area contributed by atoms with Crippen LogP contribution in [0, 0.1) is 5.41 Å². The van der Waals surface area contributed by atoms with Crippen LogP contribution >= 0.6 is 0 Å². The van der Waals surface area contributed by atoms with Crippen LogP contribution in [-0.2, 0) is 0 Å². The molecule has 0 aliphatic heterocycles. The first kappa shape index (κ1) is 15.3. The van der Waals surface area contributed by atoms with Crippen molar-refractivity contribution in [3.8, 4) is 5.75 Å². The number of aromatic nitrogens is 3. The molecule has 4 nitrogen and oxygen atoms in total. The van der Waals surface area contributed by atoms with Gasteiger partial charge in [0.15, 0.2) is 5.65 Å². The highest BCUT2D eigenvalue weighted by molar-refractivity contribution is 5.59. The Morgan fingerprint density at radius 2 is 2.10 bits per heavy atom. The van der Waals surface area contributed by atoms with Crippen LogP contribution < -0.4 is 4.74 Å². The molecule has 0 radical (unpaired) electrons. The minimum Gasteiger partial charge on any atom is -0.492 e. The molecule has 0 amide bonds. The van der Waals surface area contributed by atoms with E-state index in [4.69, 9.17) is 4.74 Å². The van der Waals surface area contributed by atoms with Gasteiger partial charge < -0.3 is 4.74 Å². The first-order chi connectivity index (χ1) is 10.2. The van der Waals surface area contributed by atoms with Crippen molar-refractivity contribution < 1.29 is 4.74 Å². The van der Waals surface area contributed by atoms with E-state index in [2.05, 4.69) is 37.2 Å². The van der Waals surface area contributed by atoms with Crippen LogP contribution in [-0.4, -0.2) is 21.2 Å². The number of allylic oxidation sites excluding steroid dienone is 1. The topological polar surface area (TPSA) is 39.4 Å². The summed E-state index contributed by atoms with van der Waals surface area (Å²) in [5.74, 6) is 0.806. The second-order valence-corrected chi connectivity index (χ2v) is 5.38. The fourth-order valence-corrected chi connectivity index (χ4v) is 2.49. The van der Waals surface area contributed by atoms with E-state index in [9.17, 15) is 0 Å². The van der Waals surface area contributed by atoms with Crippen LogP contribution in [0.4, 0.5) is 0 Å². The van der Waals surface area contributed by atoms with Crippen molar-refractivity contribution in [3.05, 3.63) is 43.4 Å². The molecular formula is C17H23N3O. The predicted octanol–water partition coefficient (Wildman–Crippen LogP) is 4.13. The molecular weight excluding hydrogens is 262 g/mol. The molecule has 0 N–H and O–H groups in total. The Bertz CT molecular complexity index is 626. The van der Waals surface area contributed by atoms with Gasteiger partial charge in [-0.05, 0) is 19.3 Å². The zero-order valence-corrected chi connectivity index (χ0v) is 12.9. The van der Waals surface area contributed by atoms with E-state index in [0.717, 1.165) is 36.2 Å².